The van der Waals surface area contributed by atoms with Crippen molar-refractivity contribution in [2.75, 3.05) is 35.2 Å². The van der Waals surface area contributed by atoms with E-state index in [2.05, 4.69) is 27.7 Å². The fraction of sp³-hybridized carbons (Fsp3) is 0.316. The highest BCUT2D eigenvalue weighted by molar-refractivity contribution is 6.43. The molecule has 1 aliphatic rings. The second kappa shape index (κ2) is 8.45. The lowest BCUT2D eigenvalue weighted by Crippen LogP contribution is -2.18. The normalized spacial score (nSPS) is 13.8. The molecule has 4 nitrogen and oxygen atoms in total. The van der Waals surface area contributed by atoms with E-state index in [0.717, 1.165) is 24.5 Å². The number of anilines is 3. The monoisotopic (exact) mass is 377 g/mol. The topological polar surface area (TPSA) is 44.4 Å². The van der Waals surface area contributed by atoms with Gasteiger partial charge in [0.05, 0.1) is 15.7 Å². The SMILES string of the molecule is O=C(CCNc1cccc(Cl)c1Cl)Nc1ccc(N2CCCC2)cc1. The van der Waals surface area contributed by atoms with Crippen LogP contribution in [-0.4, -0.2) is 25.5 Å². The summed E-state index contributed by atoms with van der Waals surface area (Å²) < 4.78 is 0. The predicted octanol–water partition coefficient (Wildman–Crippen LogP) is 5.03. The van der Waals surface area contributed by atoms with Gasteiger partial charge in [-0.1, -0.05) is 29.3 Å². The molecular formula is C19H21Cl2N3O. The summed E-state index contributed by atoms with van der Waals surface area (Å²) in [6, 6.07) is 13.4. The van der Waals surface area contributed by atoms with Gasteiger partial charge in [0.2, 0.25) is 5.91 Å². The standard InChI is InChI=1S/C19H21Cl2N3O/c20-16-4-3-5-17(19(16)21)22-11-10-18(25)23-14-6-8-15(9-7-14)24-12-1-2-13-24/h3-9,22H,1-2,10-13H2,(H,23,25). The molecule has 1 fully saturated rings. The van der Waals surface area contributed by atoms with Crippen LogP contribution in [-0.2, 0) is 4.79 Å². The van der Waals surface area contributed by atoms with Crippen LogP contribution in [0.3, 0.4) is 0 Å². The van der Waals surface area contributed by atoms with Crippen molar-refractivity contribution < 1.29 is 4.79 Å². The molecule has 2 aromatic carbocycles. The number of benzene rings is 2. The molecular weight excluding hydrogens is 357 g/mol. The van der Waals surface area contributed by atoms with Crippen LogP contribution in [0.25, 0.3) is 0 Å². The highest BCUT2D eigenvalue weighted by Crippen LogP contribution is 2.29. The first-order valence-corrected chi connectivity index (χ1v) is 9.22. The Morgan fingerprint density at radius 1 is 1.04 bits per heavy atom. The van der Waals surface area contributed by atoms with Gasteiger partial charge < -0.3 is 15.5 Å². The highest BCUT2D eigenvalue weighted by atomic mass is 35.5. The van der Waals surface area contributed by atoms with E-state index >= 15 is 0 Å². The van der Waals surface area contributed by atoms with Gasteiger partial charge in [-0.15, -0.1) is 0 Å². The maximum atomic E-state index is 12.1. The van der Waals surface area contributed by atoms with E-state index in [1.54, 1.807) is 6.07 Å². The Morgan fingerprint density at radius 3 is 2.48 bits per heavy atom. The van der Waals surface area contributed by atoms with Gasteiger partial charge in [-0.25, -0.2) is 0 Å². The Morgan fingerprint density at radius 2 is 1.76 bits per heavy atom. The molecule has 2 N–H and O–H groups in total. The first-order valence-electron chi connectivity index (χ1n) is 8.46. The number of nitrogens with zero attached hydrogens (tertiary/aromatic N) is 1. The largest absolute Gasteiger partial charge is 0.383 e. The molecule has 1 aliphatic heterocycles. The van der Waals surface area contributed by atoms with Crippen LogP contribution in [0.2, 0.25) is 10.0 Å². The fourth-order valence-corrected chi connectivity index (χ4v) is 3.27. The van der Waals surface area contributed by atoms with Gasteiger partial charge in [0.15, 0.2) is 0 Å². The molecule has 1 saturated heterocycles. The lowest BCUT2D eigenvalue weighted by atomic mass is 10.2. The summed E-state index contributed by atoms with van der Waals surface area (Å²) in [5, 5.41) is 7.02. The number of halogens is 2. The molecule has 0 atom stereocenters. The second-order valence-electron chi connectivity index (χ2n) is 6.07. The number of carbonyl (C=O) groups is 1. The first-order chi connectivity index (χ1) is 12.1. The Balaban J connectivity index is 1.46. The smallest absolute Gasteiger partial charge is 0.226 e. The molecule has 0 bridgehead atoms. The van der Waals surface area contributed by atoms with Crippen molar-refractivity contribution in [1.82, 2.24) is 0 Å². The summed E-state index contributed by atoms with van der Waals surface area (Å²) >= 11 is 12.1. The lowest BCUT2D eigenvalue weighted by Gasteiger charge is -2.17. The number of nitrogens with one attached hydrogen (secondary N) is 2. The van der Waals surface area contributed by atoms with E-state index in [1.807, 2.05) is 24.3 Å². The molecule has 0 aromatic heterocycles. The van der Waals surface area contributed by atoms with E-state index in [0.29, 0.717) is 23.0 Å². The van der Waals surface area contributed by atoms with Gasteiger partial charge in [-0.3, -0.25) is 4.79 Å². The van der Waals surface area contributed by atoms with E-state index in [1.165, 1.54) is 18.5 Å². The maximum absolute atomic E-state index is 12.1. The number of carbonyl (C=O) groups excluding carboxylic acids is 1. The zero-order chi connectivity index (χ0) is 17.6. The minimum atomic E-state index is -0.0421. The van der Waals surface area contributed by atoms with Crippen LogP contribution in [0.15, 0.2) is 42.5 Å². The van der Waals surface area contributed by atoms with Crippen molar-refractivity contribution in [3.05, 3.63) is 52.5 Å². The van der Waals surface area contributed by atoms with Crippen molar-refractivity contribution in [3.8, 4) is 0 Å². The van der Waals surface area contributed by atoms with Crippen molar-refractivity contribution in [2.24, 2.45) is 0 Å². The molecule has 3 rings (SSSR count). The van der Waals surface area contributed by atoms with Crippen molar-refractivity contribution in [1.29, 1.82) is 0 Å². The minimum absolute atomic E-state index is 0.0421. The van der Waals surface area contributed by atoms with Gasteiger partial charge in [-0.05, 0) is 49.2 Å². The quantitative estimate of drug-likeness (QED) is 0.741. The zero-order valence-corrected chi connectivity index (χ0v) is 15.4. The third-order valence-corrected chi connectivity index (χ3v) is 5.06. The van der Waals surface area contributed by atoms with E-state index in [4.69, 9.17) is 23.2 Å². The lowest BCUT2D eigenvalue weighted by molar-refractivity contribution is -0.115. The zero-order valence-electron chi connectivity index (χ0n) is 13.9. The molecule has 1 heterocycles. The van der Waals surface area contributed by atoms with Gasteiger partial charge in [0.1, 0.15) is 0 Å². The number of hydrogen-bond donors (Lipinski definition) is 2. The van der Waals surface area contributed by atoms with Crippen LogP contribution in [0, 0.1) is 0 Å². The highest BCUT2D eigenvalue weighted by Gasteiger charge is 2.12. The van der Waals surface area contributed by atoms with E-state index < -0.39 is 0 Å². The Hall–Kier alpha value is -1.91. The van der Waals surface area contributed by atoms with Gasteiger partial charge in [-0.2, -0.15) is 0 Å². The Bertz CT molecular complexity index is 728. The molecule has 0 unspecified atom stereocenters. The van der Waals surface area contributed by atoms with E-state index in [-0.39, 0.29) is 5.91 Å². The van der Waals surface area contributed by atoms with Crippen molar-refractivity contribution in [3.63, 3.8) is 0 Å². The summed E-state index contributed by atoms with van der Waals surface area (Å²) in [5.41, 5.74) is 2.76. The van der Waals surface area contributed by atoms with Crippen molar-refractivity contribution in [2.45, 2.75) is 19.3 Å². The summed E-state index contributed by atoms with van der Waals surface area (Å²) in [6.45, 7) is 2.71. The molecule has 132 valence electrons. The van der Waals surface area contributed by atoms with Gasteiger partial charge >= 0.3 is 0 Å². The Labute approximate surface area is 158 Å². The minimum Gasteiger partial charge on any atom is -0.383 e. The number of amides is 1. The average Bonchev–Trinajstić information content (AvgIpc) is 3.14. The van der Waals surface area contributed by atoms with Gasteiger partial charge in [0, 0.05) is 37.4 Å². The summed E-state index contributed by atoms with van der Waals surface area (Å²) in [5.74, 6) is -0.0421. The molecule has 2 aromatic rings. The molecule has 0 aliphatic carbocycles. The molecule has 6 heteroatoms. The predicted molar refractivity (Wildman–Crippen MR) is 106 cm³/mol. The second-order valence-corrected chi connectivity index (χ2v) is 6.85. The number of hydrogen-bond acceptors (Lipinski definition) is 3. The summed E-state index contributed by atoms with van der Waals surface area (Å²) in [7, 11) is 0. The summed E-state index contributed by atoms with van der Waals surface area (Å²) in [6.07, 6.45) is 2.85. The van der Waals surface area contributed by atoms with Crippen LogP contribution in [0.5, 0.6) is 0 Å². The van der Waals surface area contributed by atoms with Crippen LogP contribution in [0.4, 0.5) is 17.1 Å². The third kappa shape index (κ3) is 4.80. The Kier molecular flexibility index (Phi) is 6.05. The molecule has 0 spiro atoms. The van der Waals surface area contributed by atoms with Crippen LogP contribution >= 0.6 is 23.2 Å². The molecule has 25 heavy (non-hydrogen) atoms. The van der Waals surface area contributed by atoms with E-state index in [9.17, 15) is 4.79 Å². The maximum Gasteiger partial charge on any atom is 0.226 e. The van der Waals surface area contributed by atoms with Crippen LogP contribution in [0.1, 0.15) is 19.3 Å². The third-order valence-electron chi connectivity index (χ3n) is 4.24. The average molecular weight is 378 g/mol. The number of rotatable bonds is 6. The molecule has 0 saturated carbocycles. The van der Waals surface area contributed by atoms with Crippen molar-refractivity contribution >= 4 is 46.2 Å². The first kappa shape index (κ1) is 17.9. The van der Waals surface area contributed by atoms with Crippen LogP contribution < -0.4 is 15.5 Å². The summed E-state index contributed by atoms with van der Waals surface area (Å²) in [4.78, 5) is 14.4. The fourth-order valence-electron chi connectivity index (χ4n) is 2.91. The molecule has 1 amide bonds. The molecule has 0 radical (unpaired) electrons. The van der Waals surface area contributed by atoms with Gasteiger partial charge in [0.25, 0.3) is 0 Å².